The Kier molecular flexibility index (Phi) is 8.42. The lowest BCUT2D eigenvalue weighted by molar-refractivity contribution is -0.286. The molecule has 3 heterocycles. The summed E-state index contributed by atoms with van der Waals surface area (Å²) in [5, 5.41) is 3.41. The van der Waals surface area contributed by atoms with Gasteiger partial charge in [-0.3, -0.25) is 0 Å². The summed E-state index contributed by atoms with van der Waals surface area (Å²) in [6, 6.07) is 15.8. The van der Waals surface area contributed by atoms with E-state index in [2.05, 4.69) is 10.1 Å². The molecule has 218 valence electrons. The van der Waals surface area contributed by atoms with Gasteiger partial charge in [0.05, 0.1) is 24.5 Å². The summed E-state index contributed by atoms with van der Waals surface area (Å²) in [5.41, 5.74) is 2.96. The van der Waals surface area contributed by atoms with Crippen molar-refractivity contribution in [2.45, 2.75) is 58.0 Å². The van der Waals surface area contributed by atoms with Gasteiger partial charge in [-0.15, -0.1) is 8.78 Å². The number of nitrogens with one attached hydrogen (secondary N) is 1. The van der Waals surface area contributed by atoms with Crippen LogP contribution in [-0.2, 0) is 19.6 Å². The molecule has 0 radical (unpaired) electrons. The van der Waals surface area contributed by atoms with E-state index in [-0.39, 0.29) is 30.4 Å². The highest BCUT2D eigenvalue weighted by molar-refractivity contribution is 5.91. The van der Waals surface area contributed by atoms with Gasteiger partial charge in [0, 0.05) is 24.1 Å². The predicted molar refractivity (Wildman–Crippen MR) is 148 cm³/mol. The highest BCUT2D eigenvalue weighted by atomic mass is 19.3. The van der Waals surface area contributed by atoms with Gasteiger partial charge in [0.15, 0.2) is 17.8 Å². The topological polar surface area (TPSA) is 88.1 Å². The fourth-order valence-electron chi connectivity index (χ4n) is 4.89. The summed E-state index contributed by atoms with van der Waals surface area (Å²) in [5.74, 6) is 0.186. The lowest BCUT2D eigenvalue weighted by Gasteiger charge is -2.33. The highest BCUT2D eigenvalue weighted by Gasteiger charge is 2.44. The first-order chi connectivity index (χ1) is 19.7. The first-order valence-electron chi connectivity index (χ1n) is 13.8. The summed E-state index contributed by atoms with van der Waals surface area (Å²) in [7, 11) is 0. The summed E-state index contributed by atoms with van der Waals surface area (Å²) < 4.78 is 53.8. The first-order valence-corrected chi connectivity index (χ1v) is 13.8. The Morgan fingerprint density at radius 1 is 1.12 bits per heavy atom. The largest absolute Gasteiger partial charge is 0.586 e. The van der Waals surface area contributed by atoms with Crippen LogP contribution >= 0.6 is 0 Å². The summed E-state index contributed by atoms with van der Waals surface area (Å²) in [6.45, 7) is 7.27. The summed E-state index contributed by atoms with van der Waals surface area (Å²) >= 11 is 0. The number of anilines is 1. The average molecular weight is 569 g/mol. The van der Waals surface area contributed by atoms with Crippen molar-refractivity contribution < 1.29 is 37.3 Å². The molecule has 0 aliphatic carbocycles. The molecule has 1 N–H and O–H groups in total. The van der Waals surface area contributed by atoms with Crippen LogP contribution in [0, 0.1) is 6.92 Å². The van der Waals surface area contributed by atoms with Crippen LogP contribution in [0.25, 0.3) is 11.3 Å². The minimum absolute atomic E-state index is 0.0134. The molecule has 2 aromatic carbocycles. The normalized spacial score (nSPS) is 18.9. The number of nitrogens with zero attached hydrogens (tertiary/aromatic N) is 1. The number of rotatable bonds is 10. The number of fused-ring (bicyclic) bond motifs is 1. The number of ether oxygens (including phenoxy) is 5. The Morgan fingerprint density at radius 3 is 2.73 bits per heavy atom. The number of benzene rings is 2. The van der Waals surface area contributed by atoms with E-state index in [0.717, 1.165) is 41.6 Å². The monoisotopic (exact) mass is 568 g/mol. The smallest absolute Gasteiger partial charge is 0.462 e. The fraction of sp³-hybridized carbons (Fsp3) is 0.419. The fourth-order valence-corrected chi connectivity index (χ4v) is 4.89. The second-order valence-electron chi connectivity index (χ2n) is 10.5. The van der Waals surface area contributed by atoms with Gasteiger partial charge >= 0.3 is 12.3 Å². The third-order valence-corrected chi connectivity index (χ3v) is 7.23. The number of hydrogen-bond acceptors (Lipinski definition) is 8. The number of aryl methyl sites for hydroxylation is 1. The first kappa shape index (κ1) is 28.8. The summed E-state index contributed by atoms with van der Waals surface area (Å²) in [6.07, 6.45) is -1.21. The van der Waals surface area contributed by atoms with Gasteiger partial charge < -0.3 is 29.0 Å². The van der Waals surface area contributed by atoms with E-state index >= 15 is 0 Å². The van der Waals surface area contributed by atoms with Gasteiger partial charge in [-0.05, 0) is 74.6 Å². The molecule has 0 saturated carbocycles. The van der Waals surface area contributed by atoms with Crippen LogP contribution in [0.3, 0.4) is 0 Å². The zero-order valence-corrected chi connectivity index (χ0v) is 23.4. The van der Waals surface area contributed by atoms with Crippen LogP contribution in [-0.4, -0.2) is 49.9 Å². The number of halogens is 2. The van der Waals surface area contributed by atoms with Crippen LogP contribution in [0.15, 0.2) is 54.6 Å². The predicted octanol–water partition coefficient (Wildman–Crippen LogP) is 6.47. The molecule has 5 rings (SSSR count). The van der Waals surface area contributed by atoms with Gasteiger partial charge in [-0.25, -0.2) is 9.78 Å². The van der Waals surface area contributed by atoms with Gasteiger partial charge in [-0.1, -0.05) is 31.2 Å². The van der Waals surface area contributed by atoms with Gasteiger partial charge in [0.1, 0.15) is 5.82 Å². The van der Waals surface area contributed by atoms with Crippen LogP contribution in [0.4, 0.5) is 14.6 Å². The molecule has 10 heteroatoms. The van der Waals surface area contributed by atoms with Gasteiger partial charge in [0.25, 0.3) is 0 Å². The molecule has 2 aliphatic rings. The van der Waals surface area contributed by atoms with E-state index in [4.69, 9.17) is 23.9 Å². The summed E-state index contributed by atoms with van der Waals surface area (Å²) in [4.78, 5) is 17.1. The van der Waals surface area contributed by atoms with Crippen LogP contribution in [0.2, 0.25) is 0 Å². The molecule has 8 nitrogen and oxygen atoms in total. The van der Waals surface area contributed by atoms with E-state index in [1.165, 1.54) is 6.07 Å². The molecule has 1 saturated heterocycles. The second-order valence-corrected chi connectivity index (χ2v) is 10.5. The third-order valence-electron chi connectivity index (χ3n) is 7.23. The van der Waals surface area contributed by atoms with Crippen molar-refractivity contribution in [3.8, 4) is 22.8 Å². The maximum absolute atomic E-state index is 13.7. The Balaban J connectivity index is 1.38. The maximum atomic E-state index is 13.7. The van der Waals surface area contributed by atoms with E-state index in [0.29, 0.717) is 31.1 Å². The van der Waals surface area contributed by atoms with E-state index < -0.39 is 11.7 Å². The molecule has 2 unspecified atom stereocenters. The van der Waals surface area contributed by atoms with Crippen molar-refractivity contribution in [2.24, 2.45) is 0 Å². The van der Waals surface area contributed by atoms with Crippen molar-refractivity contribution in [2.75, 3.05) is 31.7 Å². The van der Waals surface area contributed by atoms with E-state index in [9.17, 15) is 13.6 Å². The minimum atomic E-state index is -3.70. The highest BCUT2D eigenvalue weighted by Crippen LogP contribution is 2.43. The van der Waals surface area contributed by atoms with Crippen molar-refractivity contribution in [3.05, 3.63) is 71.3 Å². The standard InChI is InChI=1S/C31H34F2N2O6/c1-4-37-29(36)22-9-7-8-21(16-22)28-20(2)11-14-26(35-28)34-18-30(3,19-39-27-10-5-6-15-38-27)23-12-13-24-25(17-23)41-31(32,33)40-24/h7-9,11-14,16-17,27H,4-6,10,15,18-19H2,1-3H3,(H,34,35). The quantitative estimate of drug-likeness (QED) is 0.279. The Morgan fingerprint density at radius 2 is 1.95 bits per heavy atom. The van der Waals surface area contributed by atoms with Gasteiger partial charge in [-0.2, -0.15) is 0 Å². The number of hydrogen-bond donors (Lipinski definition) is 1. The molecule has 41 heavy (non-hydrogen) atoms. The second kappa shape index (κ2) is 12.0. The minimum Gasteiger partial charge on any atom is -0.462 e. The average Bonchev–Trinajstić information content (AvgIpc) is 3.29. The van der Waals surface area contributed by atoms with Crippen molar-refractivity contribution in [1.29, 1.82) is 0 Å². The molecule has 2 atom stereocenters. The number of carbonyl (C=O) groups is 1. The number of alkyl halides is 2. The van der Waals surface area contributed by atoms with Crippen LogP contribution in [0.1, 0.15) is 54.6 Å². The SMILES string of the molecule is CCOC(=O)c1cccc(-c2nc(NCC(C)(COC3CCCCO3)c3ccc4c(c3)OC(F)(F)O4)ccc2C)c1. The zero-order chi connectivity index (χ0) is 29.0. The Bertz CT molecular complexity index is 1390. The Hall–Kier alpha value is -3.76. The van der Waals surface area contributed by atoms with E-state index in [1.807, 2.05) is 32.0 Å². The molecular formula is C31H34F2N2O6. The molecule has 0 spiro atoms. The Labute approximate surface area is 237 Å². The maximum Gasteiger partial charge on any atom is 0.586 e. The number of pyridine rings is 1. The lowest BCUT2D eigenvalue weighted by Crippen LogP contribution is -2.38. The molecule has 3 aromatic rings. The lowest BCUT2D eigenvalue weighted by atomic mass is 9.82. The molecule has 0 bridgehead atoms. The van der Waals surface area contributed by atoms with Crippen molar-refractivity contribution in [3.63, 3.8) is 0 Å². The van der Waals surface area contributed by atoms with Gasteiger partial charge in [0.2, 0.25) is 0 Å². The van der Waals surface area contributed by atoms with E-state index in [1.54, 1.807) is 37.3 Å². The number of aromatic nitrogens is 1. The molecule has 2 aliphatic heterocycles. The third kappa shape index (κ3) is 6.77. The van der Waals surface area contributed by atoms with Crippen LogP contribution < -0.4 is 14.8 Å². The zero-order valence-electron chi connectivity index (χ0n) is 23.4. The molecule has 0 amide bonds. The van der Waals surface area contributed by atoms with Crippen molar-refractivity contribution >= 4 is 11.8 Å². The molecular weight excluding hydrogens is 534 g/mol. The molecule has 1 fully saturated rings. The number of esters is 1. The molecule has 1 aromatic heterocycles. The number of carbonyl (C=O) groups excluding carboxylic acids is 1. The van der Waals surface area contributed by atoms with Crippen LogP contribution in [0.5, 0.6) is 11.5 Å². The van der Waals surface area contributed by atoms with Crippen molar-refractivity contribution in [1.82, 2.24) is 4.98 Å².